The quantitative estimate of drug-likeness (QED) is 0.751. The van der Waals surface area contributed by atoms with Crippen molar-refractivity contribution in [3.05, 3.63) is 89.5 Å². The topological polar surface area (TPSA) is 17.1 Å². The van der Waals surface area contributed by atoms with Crippen LogP contribution in [0.5, 0.6) is 0 Å². The number of ketones is 1. The van der Waals surface area contributed by atoms with Gasteiger partial charge in [-0.15, -0.1) is 0 Å². The van der Waals surface area contributed by atoms with Gasteiger partial charge in [-0.2, -0.15) is 0 Å². The highest BCUT2D eigenvalue weighted by Gasteiger charge is 2.50. The molecule has 2 aliphatic carbocycles. The summed E-state index contributed by atoms with van der Waals surface area (Å²) >= 11 is 0. The Bertz CT molecular complexity index is 777. The summed E-state index contributed by atoms with van der Waals surface area (Å²) in [4.78, 5) is 12.9. The molecule has 0 atom stereocenters. The lowest BCUT2D eigenvalue weighted by Gasteiger charge is -2.15. The fourth-order valence-corrected chi connectivity index (χ4v) is 3.54. The first-order chi connectivity index (χ1) is 11.3. The van der Waals surface area contributed by atoms with Gasteiger partial charge in [-0.3, -0.25) is 4.79 Å². The number of benzene rings is 2. The van der Waals surface area contributed by atoms with Gasteiger partial charge < -0.3 is 0 Å². The van der Waals surface area contributed by atoms with Crippen molar-refractivity contribution in [2.75, 3.05) is 0 Å². The summed E-state index contributed by atoms with van der Waals surface area (Å²) in [6.07, 6.45) is 7.80. The fraction of sp³-hybridized carbons (Fsp3) is 0.227. The smallest absolute Gasteiger partial charge is 0.147 e. The van der Waals surface area contributed by atoms with Crippen LogP contribution in [0.3, 0.4) is 0 Å². The maximum atomic E-state index is 12.9. The number of carbonyl (C=O) groups excluding carboxylic acids is 1. The molecule has 0 spiro atoms. The molecule has 1 nitrogen and oxygen atoms in total. The molecule has 0 bridgehead atoms. The van der Waals surface area contributed by atoms with Crippen LogP contribution < -0.4 is 0 Å². The van der Waals surface area contributed by atoms with E-state index >= 15 is 0 Å². The molecule has 0 unspecified atom stereocenters. The van der Waals surface area contributed by atoms with Gasteiger partial charge in [-0.25, -0.2) is 0 Å². The van der Waals surface area contributed by atoms with Crippen molar-refractivity contribution in [2.24, 2.45) is 0 Å². The van der Waals surface area contributed by atoms with Crippen molar-refractivity contribution in [3.63, 3.8) is 0 Å². The number of hydrogen-bond acceptors (Lipinski definition) is 1. The molecule has 1 fully saturated rings. The Labute approximate surface area is 137 Å². The number of hydrogen-bond donors (Lipinski definition) is 0. The Morgan fingerprint density at radius 3 is 2.17 bits per heavy atom. The van der Waals surface area contributed by atoms with E-state index in [4.69, 9.17) is 0 Å². The predicted molar refractivity (Wildman–Crippen MR) is 94.1 cm³/mol. The van der Waals surface area contributed by atoms with Gasteiger partial charge in [0.25, 0.3) is 0 Å². The molecule has 0 radical (unpaired) electrons. The highest BCUT2D eigenvalue weighted by Crippen LogP contribution is 2.50. The third kappa shape index (κ3) is 2.68. The van der Waals surface area contributed by atoms with Crippen LogP contribution in [-0.2, 0) is 10.2 Å². The normalized spacial score (nSPS) is 18.3. The second kappa shape index (κ2) is 5.66. The van der Waals surface area contributed by atoms with Crippen LogP contribution in [0.15, 0.2) is 78.4 Å². The second-order valence-electron chi connectivity index (χ2n) is 6.61. The Hall–Kier alpha value is -2.41. The zero-order valence-corrected chi connectivity index (χ0v) is 13.2. The highest BCUT2D eigenvalue weighted by molar-refractivity contribution is 5.95. The molecule has 1 saturated carbocycles. The van der Waals surface area contributed by atoms with Crippen LogP contribution in [0.25, 0.3) is 5.57 Å². The van der Waals surface area contributed by atoms with Crippen LogP contribution >= 0.6 is 0 Å². The molecule has 0 aromatic heterocycles. The summed E-state index contributed by atoms with van der Waals surface area (Å²) in [5.41, 5.74) is 4.82. The number of carbonyl (C=O) groups is 1. The molecule has 114 valence electrons. The molecule has 4 rings (SSSR count). The molecule has 1 heteroatoms. The first kappa shape index (κ1) is 14.2. The minimum atomic E-state index is -0.197. The van der Waals surface area contributed by atoms with Crippen molar-refractivity contribution < 1.29 is 4.79 Å². The molecular weight excluding hydrogens is 280 g/mol. The third-order valence-corrected chi connectivity index (χ3v) is 5.08. The van der Waals surface area contributed by atoms with E-state index in [0.717, 1.165) is 19.3 Å². The molecule has 2 aromatic rings. The maximum Gasteiger partial charge on any atom is 0.147 e. The van der Waals surface area contributed by atoms with Gasteiger partial charge >= 0.3 is 0 Å². The van der Waals surface area contributed by atoms with Gasteiger partial charge in [-0.05, 0) is 36.0 Å². The van der Waals surface area contributed by atoms with Crippen LogP contribution in [0, 0.1) is 0 Å². The lowest BCUT2D eigenvalue weighted by atomic mass is 9.87. The van der Waals surface area contributed by atoms with Gasteiger partial charge in [0.2, 0.25) is 0 Å². The number of rotatable bonds is 5. The molecule has 2 aliphatic rings. The third-order valence-electron chi connectivity index (χ3n) is 5.08. The average molecular weight is 300 g/mol. The van der Waals surface area contributed by atoms with Gasteiger partial charge in [0.05, 0.1) is 5.41 Å². The second-order valence-corrected chi connectivity index (χ2v) is 6.61. The first-order valence-electron chi connectivity index (χ1n) is 8.31. The molecule has 0 amide bonds. The summed E-state index contributed by atoms with van der Waals surface area (Å²) < 4.78 is 0. The van der Waals surface area contributed by atoms with Crippen molar-refractivity contribution >= 4 is 11.4 Å². The fourth-order valence-electron chi connectivity index (χ4n) is 3.54. The summed E-state index contributed by atoms with van der Waals surface area (Å²) in [5, 5.41) is 0. The van der Waals surface area contributed by atoms with Crippen molar-refractivity contribution in [2.45, 2.75) is 31.1 Å². The lowest BCUT2D eigenvalue weighted by molar-refractivity contribution is -0.120. The molecule has 2 aromatic carbocycles. The Kier molecular flexibility index (Phi) is 3.49. The van der Waals surface area contributed by atoms with Gasteiger partial charge in [0.15, 0.2) is 0 Å². The van der Waals surface area contributed by atoms with Crippen LogP contribution in [0.4, 0.5) is 0 Å². The number of Topliss-reactive ketones (excluding diaryl/α,β-unsaturated/α-hetero) is 1. The summed E-state index contributed by atoms with van der Waals surface area (Å²) in [6, 6.07) is 20.7. The monoisotopic (exact) mass is 300 g/mol. The maximum absolute atomic E-state index is 12.9. The predicted octanol–water partition coefficient (Wildman–Crippen LogP) is 5.09. The van der Waals surface area contributed by atoms with Crippen molar-refractivity contribution in [1.82, 2.24) is 0 Å². The lowest BCUT2D eigenvalue weighted by Crippen LogP contribution is -2.20. The van der Waals surface area contributed by atoms with Crippen LogP contribution in [0.2, 0.25) is 0 Å². The molecule has 0 aliphatic heterocycles. The van der Waals surface area contributed by atoms with E-state index in [9.17, 15) is 4.79 Å². The zero-order valence-electron chi connectivity index (χ0n) is 13.2. The SMILES string of the molecule is O=C(CC1=CC=C(c2ccccc2)C1)C1(c2ccccc2)CC1. The highest BCUT2D eigenvalue weighted by atomic mass is 16.1. The summed E-state index contributed by atoms with van der Waals surface area (Å²) in [7, 11) is 0. The Balaban J connectivity index is 1.44. The van der Waals surface area contributed by atoms with Crippen molar-refractivity contribution in [3.8, 4) is 0 Å². The van der Waals surface area contributed by atoms with E-state index < -0.39 is 0 Å². The molecule has 23 heavy (non-hydrogen) atoms. The summed E-state index contributed by atoms with van der Waals surface area (Å²) in [5.74, 6) is 0.387. The number of allylic oxidation sites excluding steroid dienone is 4. The summed E-state index contributed by atoms with van der Waals surface area (Å²) in [6.45, 7) is 0. The minimum absolute atomic E-state index is 0.197. The van der Waals surface area contributed by atoms with Gasteiger partial charge in [0.1, 0.15) is 5.78 Å². The van der Waals surface area contributed by atoms with E-state index in [1.54, 1.807) is 0 Å². The zero-order chi connectivity index (χ0) is 15.7. The molecular formula is C22H20O. The van der Waals surface area contributed by atoms with E-state index in [0.29, 0.717) is 12.2 Å². The molecule has 0 N–H and O–H groups in total. The van der Waals surface area contributed by atoms with E-state index in [-0.39, 0.29) is 5.41 Å². The minimum Gasteiger partial charge on any atom is -0.298 e. The Morgan fingerprint density at radius 1 is 0.870 bits per heavy atom. The average Bonchev–Trinajstić information content (AvgIpc) is 3.30. The van der Waals surface area contributed by atoms with Gasteiger partial charge in [-0.1, -0.05) is 78.4 Å². The van der Waals surface area contributed by atoms with Crippen LogP contribution in [0.1, 0.15) is 36.8 Å². The van der Waals surface area contributed by atoms with E-state index in [2.05, 4.69) is 48.6 Å². The Morgan fingerprint density at radius 2 is 1.52 bits per heavy atom. The van der Waals surface area contributed by atoms with Gasteiger partial charge in [0, 0.05) is 6.42 Å². The van der Waals surface area contributed by atoms with E-state index in [1.807, 2.05) is 24.3 Å². The largest absolute Gasteiger partial charge is 0.298 e. The molecule has 0 saturated heterocycles. The van der Waals surface area contributed by atoms with Crippen LogP contribution in [-0.4, -0.2) is 5.78 Å². The first-order valence-corrected chi connectivity index (χ1v) is 8.31. The van der Waals surface area contributed by atoms with Crippen molar-refractivity contribution in [1.29, 1.82) is 0 Å². The van der Waals surface area contributed by atoms with E-state index in [1.165, 1.54) is 22.3 Å². The molecule has 0 heterocycles. The standard InChI is InChI=1S/C22H20O/c23-21(22(13-14-22)20-9-5-2-6-10-20)16-17-11-12-19(15-17)18-7-3-1-4-8-18/h1-12H,13-16H2.